The number of nitrogen functional groups attached to an aromatic ring is 1. The third kappa shape index (κ3) is 3.26. The standard InChI is InChI=1S/C20H27BN2O2/c1-13-8-7-9-14(2)18(13)23-17-11-10-15(22)12-16(17)21-24-19(3,4)20(5,6)25-21/h7-12,23H,22H2,1-6H3. The van der Waals surface area contributed by atoms with Gasteiger partial charge in [-0.1, -0.05) is 18.2 Å². The zero-order valence-corrected chi connectivity index (χ0v) is 15.9. The van der Waals surface area contributed by atoms with E-state index in [1.165, 1.54) is 11.1 Å². The topological polar surface area (TPSA) is 56.5 Å². The summed E-state index contributed by atoms with van der Waals surface area (Å²) in [4.78, 5) is 0. The predicted octanol–water partition coefficient (Wildman–Crippen LogP) is 3.93. The molecule has 4 nitrogen and oxygen atoms in total. The first kappa shape index (κ1) is 17.8. The van der Waals surface area contributed by atoms with E-state index in [2.05, 4.69) is 65.1 Å². The number of rotatable bonds is 3. The second-order valence-electron chi connectivity index (χ2n) is 7.83. The van der Waals surface area contributed by atoms with Gasteiger partial charge in [-0.15, -0.1) is 0 Å². The average molecular weight is 338 g/mol. The summed E-state index contributed by atoms with van der Waals surface area (Å²) < 4.78 is 12.5. The number of anilines is 3. The molecule has 1 heterocycles. The number of hydrogen-bond donors (Lipinski definition) is 2. The van der Waals surface area contributed by atoms with Crippen LogP contribution in [0.1, 0.15) is 38.8 Å². The molecule has 0 radical (unpaired) electrons. The third-order valence-electron chi connectivity index (χ3n) is 5.32. The number of hydrogen-bond acceptors (Lipinski definition) is 4. The highest BCUT2D eigenvalue weighted by molar-refractivity contribution is 6.64. The Morgan fingerprint density at radius 3 is 2.04 bits per heavy atom. The molecule has 2 aromatic carbocycles. The Labute approximate surface area is 150 Å². The van der Waals surface area contributed by atoms with E-state index in [9.17, 15) is 0 Å². The van der Waals surface area contributed by atoms with Gasteiger partial charge in [0.05, 0.1) is 11.2 Å². The Balaban J connectivity index is 2.00. The van der Waals surface area contributed by atoms with Crippen molar-refractivity contribution >= 4 is 29.6 Å². The largest absolute Gasteiger partial charge is 0.497 e. The molecule has 0 aromatic heterocycles. The first-order valence-electron chi connectivity index (χ1n) is 8.69. The van der Waals surface area contributed by atoms with Crippen LogP contribution in [0.3, 0.4) is 0 Å². The summed E-state index contributed by atoms with van der Waals surface area (Å²) in [5.41, 5.74) is 11.3. The molecule has 0 amide bonds. The zero-order chi connectivity index (χ0) is 18.4. The lowest BCUT2D eigenvalue weighted by molar-refractivity contribution is 0.00578. The van der Waals surface area contributed by atoms with Crippen molar-refractivity contribution in [2.24, 2.45) is 0 Å². The Kier molecular flexibility index (Phi) is 4.34. The molecule has 25 heavy (non-hydrogen) atoms. The van der Waals surface area contributed by atoms with E-state index in [0.717, 1.165) is 16.8 Å². The van der Waals surface area contributed by atoms with Crippen molar-refractivity contribution in [3.63, 3.8) is 0 Å². The molecule has 132 valence electrons. The van der Waals surface area contributed by atoms with Crippen LogP contribution < -0.4 is 16.5 Å². The normalized spacial score (nSPS) is 18.4. The predicted molar refractivity (Wildman–Crippen MR) is 106 cm³/mol. The first-order valence-corrected chi connectivity index (χ1v) is 8.69. The summed E-state index contributed by atoms with van der Waals surface area (Å²) in [6.45, 7) is 12.4. The van der Waals surface area contributed by atoms with Crippen LogP contribution in [0.5, 0.6) is 0 Å². The smallest absolute Gasteiger partial charge is 0.399 e. The molecule has 3 N–H and O–H groups in total. The molecule has 0 saturated carbocycles. The van der Waals surface area contributed by atoms with Gasteiger partial charge in [0.1, 0.15) is 0 Å². The Hall–Kier alpha value is -1.98. The Bertz CT molecular complexity index is 766. The summed E-state index contributed by atoms with van der Waals surface area (Å²) in [7, 11) is -0.458. The van der Waals surface area contributed by atoms with Crippen LogP contribution in [-0.2, 0) is 9.31 Å². The van der Waals surface area contributed by atoms with Gasteiger partial charge in [-0.25, -0.2) is 0 Å². The van der Waals surface area contributed by atoms with E-state index in [0.29, 0.717) is 5.69 Å². The summed E-state index contributed by atoms with van der Waals surface area (Å²) in [6.07, 6.45) is 0. The van der Waals surface area contributed by atoms with Gasteiger partial charge in [0, 0.05) is 22.5 Å². The molecule has 1 aliphatic rings. The molecule has 0 atom stereocenters. The molecular weight excluding hydrogens is 311 g/mol. The van der Waals surface area contributed by atoms with Crippen molar-refractivity contribution in [2.45, 2.75) is 52.7 Å². The Morgan fingerprint density at radius 2 is 1.48 bits per heavy atom. The van der Waals surface area contributed by atoms with Crippen LogP contribution in [-0.4, -0.2) is 18.3 Å². The number of benzene rings is 2. The fourth-order valence-corrected chi connectivity index (χ4v) is 3.01. The van der Waals surface area contributed by atoms with Crippen LogP contribution in [0.15, 0.2) is 36.4 Å². The van der Waals surface area contributed by atoms with Crippen LogP contribution in [0.25, 0.3) is 0 Å². The zero-order valence-electron chi connectivity index (χ0n) is 15.9. The highest BCUT2D eigenvalue weighted by Gasteiger charge is 2.52. The van der Waals surface area contributed by atoms with E-state index in [1.807, 2.05) is 18.2 Å². The van der Waals surface area contributed by atoms with E-state index < -0.39 is 18.3 Å². The Morgan fingerprint density at radius 1 is 0.920 bits per heavy atom. The molecule has 5 heteroatoms. The molecule has 0 unspecified atom stereocenters. The molecule has 1 saturated heterocycles. The van der Waals surface area contributed by atoms with Crippen LogP contribution in [0.2, 0.25) is 0 Å². The van der Waals surface area contributed by atoms with Gasteiger partial charge in [0.15, 0.2) is 0 Å². The first-order chi connectivity index (χ1) is 11.6. The van der Waals surface area contributed by atoms with Crippen LogP contribution in [0.4, 0.5) is 17.1 Å². The number of para-hydroxylation sites is 1. The lowest BCUT2D eigenvalue weighted by atomic mass is 9.77. The second kappa shape index (κ2) is 6.08. The van der Waals surface area contributed by atoms with Gasteiger partial charge < -0.3 is 20.4 Å². The minimum absolute atomic E-state index is 0.391. The van der Waals surface area contributed by atoms with E-state index in [4.69, 9.17) is 15.0 Å². The monoisotopic (exact) mass is 338 g/mol. The number of nitrogens with two attached hydrogens (primary N) is 1. The molecule has 0 spiro atoms. The van der Waals surface area contributed by atoms with Gasteiger partial charge in [0.25, 0.3) is 0 Å². The van der Waals surface area contributed by atoms with Gasteiger partial charge in [0.2, 0.25) is 0 Å². The second-order valence-corrected chi connectivity index (χ2v) is 7.83. The van der Waals surface area contributed by atoms with E-state index in [1.54, 1.807) is 0 Å². The molecule has 0 aliphatic carbocycles. The molecule has 0 bridgehead atoms. The van der Waals surface area contributed by atoms with Gasteiger partial charge in [-0.2, -0.15) is 0 Å². The SMILES string of the molecule is Cc1cccc(C)c1Nc1ccc(N)cc1B1OC(C)(C)C(C)(C)O1. The maximum absolute atomic E-state index is 6.23. The minimum atomic E-state index is -0.458. The van der Waals surface area contributed by atoms with Crippen molar-refractivity contribution < 1.29 is 9.31 Å². The van der Waals surface area contributed by atoms with Crippen molar-refractivity contribution in [1.29, 1.82) is 0 Å². The lowest BCUT2D eigenvalue weighted by Crippen LogP contribution is -2.41. The summed E-state index contributed by atoms with van der Waals surface area (Å²) in [5, 5.41) is 3.55. The van der Waals surface area contributed by atoms with Crippen molar-refractivity contribution in [3.05, 3.63) is 47.5 Å². The molecule has 3 rings (SSSR count). The van der Waals surface area contributed by atoms with Gasteiger partial charge >= 0.3 is 7.12 Å². The van der Waals surface area contributed by atoms with E-state index >= 15 is 0 Å². The fraction of sp³-hybridized carbons (Fsp3) is 0.400. The summed E-state index contributed by atoms with van der Waals surface area (Å²) in [6, 6.07) is 12.1. The molecule has 2 aromatic rings. The quantitative estimate of drug-likeness (QED) is 0.658. The summed E-state index contributed by atoms with van der Waals surface area (Å²) >= 11 is 0. The average Bonchev–Trinajstić information content (AvgIpc) is 2.72. The van der Waals surface area contributed by atoms with Gasteiger partial charge in [-0.3, -0.25) is 0 Å². The molecule has 1 fully saturated rings. The van der Waals surface area contributed by atoms with Crippen LogP contribution >= 0.6 is 0 Å². The maximum atomic E-state index is 6.23. The number of aryl methyl sites for hydroxylation is 2. The highest BCUT2D eigenvalue weighted by Crippen LogP contribution is 2.37. The minimum Gasteiger partial charge on any atom is -0.399 e. The molecular formula is C20H27BN2O2. The highest BCUT2D eigenvalue weighted by atomic mass is 16.7. The van der Waals surface area contributed by atoms with Crippen LogP contribution in [0, 0.1) is 13.8 Å². The third-order valence-corrected chi connectivity index (χ3v) is 5.32. The fourth-order valence-electron chi connectivity index (χ4n) is 3.01. The maximum Gasteiger partial charge on any atom is 0.497 e. The van der Waals surface area contributed by atoms with E-state index in [-0.39, 0.29) is 0 Å². The van der Waals surface area contributed by atoms with Crippen molar-refractivity contribution in [3.8, 4) is 0 Å². The summed E-state index contributed by atoms with van der Waals surface area (Å²) in [5.74, 6) is 0. The lowest BCUT2D eigenvalue weighted by Gasteiger charge is -2.32. The van der Waals surface area contributed by atoms with Crippen molar-refractivity contribution in [1.82, 2.24) is 0 Å². The number of nitrogens with one attached hydrogen (secondary N) is 1. The van der Waals surface area contributed by atoms with Gasteiger partial charge in [-0.05, 0) is 70.9 Å². The molecule has 1 aliphatic heterocycles. The van der Waals surface area contributed by atoms with Crippen molar-refractivity contribution in [2.75, 3.05) is 11.1 Å².